The van der Waals surface area contributed by atoms with Crippen LogP contribution in [0.1, 0.15) is 17.3 Å². The van der Waals surface area contributed by atoms with Crippen molar-refractivity contribution < 1.29 is 4.79 Å². The van der Waals surface area contributed by atoms with Gasteiger partial charge in [0.05, 0.1) is 17.5 Å². The molecule has 0 radical (unpaired) electrons. The third-order valence-corrected chi connectivity index (χ3v) is 5.59. The van der Waals surface area contributed by atoms with Crippen LogP contribution in [0.3, 0.4) is 0 Å². The van der Waals surface area contributed by atoms with Crippen molar-refractivity contribution in [3.63, 3.8) is 0 Å². The van der Waals surface area contributed by atoms with Gasteiger partial charge in [0.25, 0.3) is 5.91 Å². The van der Waals surface area contributed by atoms with Crippen molar-refractivity contribution in [3.05, 3.63) is 60.2 Å². The molecule has 1 aromatic heterocycles. The van der Waals surface area contributed by atoms with Gasteiger partial charge >= 0.3 is 0 Å². The zero-order chi connectivity index (χ0) is 21.8. The molecule has 158 valence electrons. The van der Waals surface area contributed by atoms with Crippen LogP contribution < -0.4 is 10.2 Å². The summed E-state index contributed by atoms with van der Waals surface area (Å²) in [6, 6.07) is 19.2. The molecule has 0 bridgehead atoms. The van der Waals surface area contributed by atoms with Crippen LogP contribution in [0.5, 0.6) is 0 Å². The van der Waals surface area contributed by atoms with Crippen molar-refractivity contribution in [1.82, 2.24) is 20.4 Å². The number of nitriles is 1. The standard InChI is InChI=1S/C24H26N6O/c1-17(16-25)26-24(31)20-5-3-4-19(14-20)23-15-22(27-28-23)18-6-8-21(9-7-18)30-12-10-29(2)11-13-30/h3-9,14-15,17H,10-13H2,1-2H3,(H,26,31)(H,27,28). The van der Waals surface area contributed by atoms with E-state index < -0.39 is 6.04 Å². The Labute approximate surface area is 182 Å². The van der Waals surface area contributed by atoms with Gasteiger partial charge in [-0.2, -0.15) is 10.4 Å². The monoisotopic (exact) mass is 414 g/mol. The molecule has 7 nitrogen and oxygen atoms in total. The summed E-state index contributed by atoms with van der Waals surface area (Å²) in [7, 11) is 2.16. The van der Waals surface area contributed by atoms with Gasteiger partial charge in [0, 0.05) is 43.0 Å². The Balaban J connectivity index is 1.49. The predicted octanol–water partition coefficient (Wildman–Crippen LogP) is 3.14. The SMILES string of the molecule is CC(C#N)NC(=O)c1cccc(-c2cc(-c3ccc(N4CCN(C)CC4)cc3)[nH]n2)c1. The molecule has 3 aromatic rings. The number of anilines is 1. The molecule has 0 saturated carbocycles. The number of likely N-dealkylation sites (N-methyl/N-ethyl adjacent to an activating group) is 1. The van der Waals surface area contributed by atoms with E-state index in [4.69, 9.17) is 5.26 Å². The van der Waals surface area contributed by atoms with Gasteiger partial charge < -0.3 is 15.1 Å². The van der Waals surface area contributed by atoms with E-state index in [2.05, 4.69) is 56.6 Å². The number of hydrogen-bond acceptors (Lipinski definition) is 5. The molecule has 1 unspecified atom stereocenters. The molecular formula is C24H26N6O. The van der Waals surface area contributed by atoms with Gasteiger partial charge in [-0.3, -0.25) is 9.89 Å². The molecule has 1 saturated heterocycles. The molecule has 2 N–H and O–H groups in total. The average molecular weight is 415 g/mol. The highest BCUT2D eigenvalue weighted by Gasteiger charge is 2.15. The fraction of sp³-hybridized carbons (Fsp3) is 0.292. The minimum absolute atomic E-state index is 0.272. The number of nitrogens with one attached hydrogen (secondary N) is 2. The first kappa shape index (κ1) is 20.6. The highest BCUT2D eigenvalue weighted by atomic mass is 16.1. The van der Waals surface area contributed by atoms with Gasteiger partial charge in [-0.25, -0.2) is 0 Å². The Morgan fingerprint density at radius 3 is 2.55 bits per heavy atom. The number of piperazine rings is 1. The molecule has 1 amide bonds. The predicted molar refractivity (Wildman–Crippen MR) is 122 cm³/mol. The van der Waals surface area contributed by atoms with Crippen molar-refractivity contribution in [2.45, 2.75) is 13.0 Å². The summed E-state index contributed by atoms with van der Waals surface area (Å²) in [6.07, 6.45) is 0. The van der Waals surface area contributed by atoms with Crippen LogP contribution in [-0.2, 0) is 0 Å². The van der Waals surface area contributed by atoms with E-state index in [1.165, 1.54) is 5.69 Å². The smallest absolute Gasteiger partial charge is 0.252 e. The van der Waals surface area contributed by atoms with E-state index in [0.717, 1.165) is 48.7 Å². The molecule has 1 aliphatic heterocycles. The number of H-pyrrole nitrogens is 1. The normalized spacial score (nSPS) is 15.3. The fourth-order valence-corrected chi connectivity index (χ4v) is 3.67. The Morgan fingerprint density at radius 2 is 1.84 bits per heavy atom. The number of nitrogens with zero attached hydrogens (tertiary/aromatic N) is 4. The van der Waals surface area contributed by atoms with Crippen LogP contribution in [0.15, 0.2) is 54.6 Å². The maximum absolute atomic E-state index is 12.3. The molecule has 0 aliphatic carbocycles. The second-order valence-electron chi connectivity index (χ2n) is 7.91. The number of benzene rings is 2. The lowest BCUT2D eigenvalue weighted by atomic mass is 10.1. The molecule has 4 rings (SSSR count). The van der Waals surface area contributed by atoms with Gasteiger partial charge in [-0.15, -0.1) is 0 Å². The maximum atomic E-state index is 12.3. The molecule has 2 aromatic carbocycles. The summed E-state index contributed by atoms with van der Waals surface area (Å²) in [4.78, 5) is 17.1. The minimum atomic E-state index is -0.540. The van der Waals surface area contributed by atoms with Crippen molar-refractivity contribution in [1.29, 1.82) is 5.26 Å². The lowest BCUT2D eigenvalue weighted by Crippen LogP contribution is -2.44. The molecule has 7 heteroatoms. The van der Waals surface area contributed by atoms with E-state index >= 15 is 0 Å². The first-order chi connectivity index (χ1) is 15.0. The third kappa shape index (κ3) is 4.76. The van der Waals surface area contributed by atoms with Crippen LogP contribution in [0.4, 0.5) is 5.69 Å². The molecule has 0 spiro atoms. The van der Waals surface area contributed by atoms with Crippen molar-refractivity contribution in [3.8, 4) is 28.6 Å². The summed E-state index contributed by atoms with van der Waals surface area (Å²) < 4.78 is 0. The lowest BCUT2D eigenvalue weighted by molar-refractivity contribution is 0.0948. The Morgan fingerprint density at radius 1 is 1.10 bits per heavy atom. The number of aromatic amines is 1. The molecule has 1 aliphatic rings. The second-order valence-corrected chi connectivity index (χ2v) is 7.91. The summed E-state index contributed by atoms with van der Waals surface area (Å²) in [5, 5.41) is 19.1. The summed E-state index contributed by atoms with van der Waals surface area (Å²) in [5.41, 5.74) is 5.33. The first-order valence-electron chi connectivity index (χ1n) is 10.4. The number of hydrogen-bond donors (Lipinski definition) is 2. The molecule has 2 heterocycles. The quantitative estimate of drug-likeness (QED) is 0.670. The average Bonchev–Trinajstić information content (AvgIpc) is 3.30. The molecule has 1 fully saturated rings. The highest BCUT2D eigenvalue weighted by Crippen LogP contribution is 2.26. The van der Waals surface area contributed by atoms with Crippen molar-refractivity contribution >= 4 is 11.6 Å². The zero-order valence-corrected chi connectivity index (χ0v) is 17.8. The highest BCUT2D eigenvalue weighted by molar-refractivity contribution is 5.95. The maximum Gasteiger partial charge on any atom is 0.252 e. The van der Waals surface area contributed by atoms with Gasteiger partial charge in [-0.1, -0.05) is 24.3 Å². The van der Waals surface area contributed by atoms with Gasteiger partial charge in [0.1, 0.15) is 6.04 Å². The van der Waals surface area contributed by atoms with Crippen LogP contribution in [-0.4, -0.2) is 60.3 Å². The number of rotatable bonds is 5. The fourth-order valence-electron chi connectivity index (χ4n) is 3.67. The molecular weight excluding hydrogens is 388 g/mol. The van der Waals surface area contributed by atoms with Crippen LogP contribution in [0, 0.1) is 11.3 Å². The Bertz CT molecular complexity index is 1090. The van der Waals surface area contributed by atoms with Crippen molar-refractivity contribution in [2.75, 3.05) is 38.1 Å². The van der Waals surface area contributed by atoms with E-state index in [0.29, 0.717) is 5.56 Å². The number of amides is 1. The summed E-state index contributed by atoms with van der Waals surface area (Å²) in [6.45, 7) is 5.90. The van der Waals surface area contributed by atoms with Crippen LogP contribution in [0.25, 0.3) is 22.5 Å². The zero-order valence-electron chi connectivity index (χ0n) is 17.8. The van der Waals surface area contributed by atoms with Crippen LogP contribution in [0.2, 0.25) is 0 Å². The largest absolute Gasteiger partial charge is 0.369 e. The number of carbonyl (C=O) groups excluding carboxylic acids is 1. The van der Waals surface area contributed by atoms with E-state index in [1.807, 2.05) is 24.3 Å². The number of aromatic nitrogens is 2. The van der Waals surface area contributed by atoms with Gasteiger partial charge in [0.15, 0.2) is 0 Å². The van der Waals surface area contributed by atoms with E-state index in [-0.39, 0.29) is 5.91 Å². The Kier molecular flexibility index (Phi) is 6.01. The van der Waals surface area contributed by atoms with E-state index in [9.17, 15) is 4.79 Å². The second kappa shape index (κ2) is 9.02. The lowest BCUT2D eigenvalue weighted by Gasteiger charge is -2.34. The van der Waals surface area contributed by atoms with Crippen molar-refractivity contribution in [2.24, 2.45) is 0 Å². The van der Waals surface area contributed by atoms with Gasteiger partial charge in [-0.05, 0) is 49.9 Å². The van der Waals surface area contributed by atoms with Crippen LogP contribution >= 0.6 is 0 Å². The topological polar surface area (TPSA) is 88.0 Å². The van der Waals surface area contributed by atoms with Gasteiger partial charge in [0.2, 0.25) is 0 Å². The molecule has 31 heavy (non-hydrogen) atoms. The first-order valence-corrected chi connectivity index (χ1v) is 10.4. The van der Waals surface area contributed by atoms with E-state index in [1.54, 1.807) is 19.1 Å². The number of carbonyl (C=O) groups is 1. The summed E-state index contributed by atoms with van der Waals surface area (Å²) in [5.74, 6) is -0.272. The Hall–Kier alpha value is -3.63. The summed E-state index contributed by atoms with van der Waals surface area (Å²) >= 11 is 0. The third-order valence-electron chi connectivity index (χ3n) is 5.59. The molecule has 1 atom stereocenters. The minimum Gasteiger partial charge on any atom is -0.369 e.